The highest BCUT2D eigenvalue weighted by molar-refractivity contribution is 5.99. The molecule has 0 unspecified atom stereocenters. The van der Waals surface area contributed by atoms with Crippen LogP contribution in [0.2, 0.25) is 0 Å². The number of nitrogens with one attached hydrogen (secondary N) is 1. The number of methoxy groups -OCH3 is 1. The maximum atomic E-state index is 5.74. The summed E-state index contributed by atoms with van der Waals surface area (Å²) in [4.78, 5) is 0. The lowest BCUT2D eigenvalue weighted by atomic mass is 9.87. The number of aryl methyl sites for hydroxylation is 3. The van der Waals surface area contributed by atoms with Crippen molar-refractivity contribution in [2.24, 2.45) is 0 Å². The van der Waals surface area contributed by atoms with Crippen molar-refractivity contribution in [3.8, 4) is 17.2 Å². The molecule has 1 N–H and O–H groups in total. The van der Waals surface area contributed by atoms with E-state index in [9.17, 15) is 0 Å². The van der Waals surface area contributed by atoms with Crippen LogP contribution in [0.3, 0.4) is 0 Å². The predicted molar refractivity (Wildman–Crippen MR) is 139 cm³/mol. The van der Waals surface area contributed by atoms with Crippen molar-refractivity contribution in [1.29, 1.82) is 0 Å². The zero-order valence-corrected chi connectivity index (χ0v) is 21.4. The van der Waals surface area contributed by atoms with Crippen LogP contribution in [0.25, 0.3) is 16.5 Å². The van der Waals surface area contributed by atoms with E-state index in [-0.39, 0.29) is 5.41 Å². The molecule has 34 heavy (non-hydrogen) atoms. The van der Waals surface area contributed by atoms with E-state index in [0.717, 1.165) is 56.5 Å². The smallest absolute Gasteiger partial charge is 0.162 e. The molecule has 4 aromatic rings. The van der Waals surface area contributed by atoms with Crippen LogP contribution in [0.5, 0.6) is 11.5 Å². The number of fused-ring (bicyclic) bond motifs is 1. The van der Waals surface area contributed by atoms with E-state index in [0.29, 0.717) is 6.61 Å². The second kappa shape index (κ2) is 9.01. The molecule has 6 heteroatoms. The van der Waals surface area contributed by atoms with Crippen LogP contribution in [0.15, 0.2) is 42.5 Å². The van der Waals surface area contributed by atoms with E-state index >= 15 is 0 Å². The molecule has 0 aliphatic carbocycles. The Morgan fingerprint density at radius 1 is 0.912 bits per heavy atom. The number of anilines is 2. The fourth-order valence-electron chi connectivity index (χ4n) is 4.53. The fraction of sp³-hybridized carbons (Fsp3) is 0.357. The van der Waals surface area contributed by atoms with Crippen molar-refractivity contribution in [1.82, 2.24) is 14.8 Å². The Bertz CT molecular complexity index is 1330. The molecule has 0 bridgehead atoms. The first-order valence-electron chi connectivity index (χ1n) is 11.7. The summed E-state index contributed by atoms with van der Waals surface area (Å²) < 4.78 is 13.6. The van der Waals surface area contributed by atoms with Gasteiger partial charge >= 0.3 is 0 Å². The summed E-state index contributed by atoms with van der Waals surface area (Å²) in [6.07, 6.45) is 0. The van der Waals surface area contributed by atoms with Crippen LogP contribution in [-0.4, -0.2) is 28.5 Å². The van der Waals surface area contributed by atoms with Crippen molar-refractivity contribution in [2.45, 2.75) is 53.9 Å². The molecule has 0 aliphatic heterocycles. The van der Waals surface area contributed by atoms with Crippen molar-refractivity contribution < 1.29 is 9.47 Å². The quantitative estimate of drug-likeness (QED) is 0.344. The summed E-state index contributed by atoms with van der Waals surface area (Å²) in [7, 11) is 1.69. The molecule has 0 aliphatic rings. The molecular formula is C28H34N4O2. The molecular weight excluding hydrogens is 424 g/mol. The van der Waals surface area contributed by atoms with E-state index in [1.165, 1.54) is 5.56 Å². The summed E-state index contributed by atoms with van der Waals surface area (Å²) in [5, 5.41) is 14.7. The lowest BCUT2D eigenvalue weighted by Gasteiger charge is -2.19. The number of hydrogen-bond acceptors (Lipinski definition) is 5. The summed E-state index contributed by atoms with van der Waals surface area (Å²) >= 11 is 0. The molecule has 4 rings (SSSR count). The minimum atomic E-state index is 0.108. The lowest BCUT2D eigenvalue weighted by molar-refractivity contribution is 0.336. The second-order valence-electron chi connectivity index (χ2n) is 9.61. The third kappa shape index (κ3) is 4.20. The summed E-state index contributed by atoms with van der Waals surface area (Å²) in [5.74, 6) is 2.28. The van der Waals surface area contributed by atoms with Gasteiger partial charge in [-0.2, -0.15) is 5.10 Å². The molecule has 2 aromatic heterocycles. The molecule has 2 heterocycles. The van der Waals surface area contributed by atoms with Gasteiger partial charge in [0.25, 0.3) is 0 Å². The van der Waals surface area contributed by atoms with Gasteiger partial charge in [0.15, 0.2) is 5.82 Å². The Hall–Kier alpha value is -3.54. The number of rotatable bonds is 6. The van der Waals surface area contributed by atoms with Crippen molar-refractivity contribution in [3.63, 3.8) is 0 Å². The maximum absolute atomic E-state index is 5.74. The van der Waals surface area contributed by atoms with E-state index < -0.39 is 0 Å². The Morgan fingerprint density at radius 2 is 1.59 bits per heavy atom. The van der Waals surface area contributed by atoms with Gasteiger partial charge in [-0.1, -0.05) is 32.9 Å². The van der Waals surface area contributed by atoms with Crippen LogP contribution in [-0.2, 0) is 5.41 Å². The molecule has 0 saturated carbocycles. The highest BCUT2D eigenvalue weighted by Gasteiger charge is 2.22. The number of ether oxygens (including phenoxy) is 2. The Morgan fingerprint density at radius 3 is 2.21 bits per heavy atom. The van der Waals surface area contributed by atoms with Crippen LogP contribution < -0.4 is 14.8 Å². The Balaban J connectivity index is 1.84. The van der Waals surface area contributed by atoms with E-state index in [1.54, 1.807) is 7.11 Å². The number of aromatic nitrogens is 3. The lowest BCUT2D eigenvalue weighted by Crippen LogP contribution is -2.10. The van der Waals surface area contributed by atoms with Crippen LogP contribution in [0.4, 0.5) is 11.5 Å². The number of hydrogen-bond donors (Lipinski definition) is 1. The maximum Gasteiger partial charge on any atom is 0.162 e. The first-order chi connectivity index (χ1) is 16.2. The highest BCUT2D eigenvalue weighted by Crippen LogP contribution is 2.38. The fourth-order valence-corrected chi connectivity index (χ4v) is 4.53. The van der Waals surface area contributed by atoms with Gasteiger partial charge < -0.3 is 19.4 Å². The summed E-state index contributed by atoms with van der Waals surface area (Å²) in [5.41, 5.74) is 6.40. The zero-order chi connectivity index (χ0) is 24.6. The molecule has 0 atom stereocenters. The van der Waals surface area contributed by atoms with Gasteiger partial charge in [-0.05, 0) is 62.9 Å². The zero-order valence-electron chi connectivity index (χ0n) is 21.4. The van der Waals surface area contributed by atoms with Crippen LogP contribution in [0, 0.1) is 20.8 Å². The molecule has 178 valence electrons. The summed E-state index contributed by atoms with van der Waals surface area (Å²) in [6, 6.07) is 14.5. The Kier molecular flexibility index (Phi) is 6.26. The van der Waals surface area contributed by atoms with Crippen LogP contribution >= 0.6 is 0 Å². The van der Waals surface area contributed by atoms with Gasteiger partial charge in [0.05, 0.1) is 25.1 Å². The molecule has 2 aromatic carbocycles. The third-order valence-corrected chi connectivity index (χ3v) is 6.26. The number of benzene rings is 2. The van der Waals surface area contributed by atoms with E-state index in [4.69, 9.17) is 9.47 Å². The second-order valence-corrected chi connectivity index (χ2v) is 9.61. The minimum absolute atomic E-state index is 0.108. The predicted octanol–water partition coefficient (Wildman–Crippen LogP) is 6.79. The van der Waals surface area contributed by atoms with Gasteiger partial charge in [0.1, 0.15) is 11.5 Å². The molecule has 0 spiro atoms. The molecule has 0 saturated heterocycles. The topological polar surface area (TPSA) is 61.2 Å². The standard InChI is InChI=1S/C28H34N4O2/c1-9-34-22-14-15-23(24(16-22)33-8)32-18(3)25-17(2)30-31-27(26(25)19(32)4)29-21-12-10-20(11-13-21)28(5,6)7/h10-16H,9H2,1-8H3,(H,29,31). The monoisotopic (exact) mass is 458 g/mol. The largest absolute Gasteiger partial charge is 0.494 e. The van der Waals surface area contributed by atoms with Crippen molar-refractivity contribution in [3.05, 3.63) is 65.1 Å². The molecule has 0 radical (unpaired) electrons. The minimum Gasteiger partial charge on any atom is -0.494 e. The van der Waals surface area contributed by atoms with Crippen molar-refractivity contribution >= 4 is 22.3 Å². The third-order valence-electron chi connectivity index (χ3n) is 6.26. The molecule has 0 amide bonds. The van der Waals surface area contributed by atoms with Gasteiger partial charge in [0.2, 0.25) is 0 Å². The van der Waals surface area contributed by atoms with Gasteiger partial charge in [-0.3, -0.25) is 0 Å². The Labute approximate surface area is 201 Å². The average molecular weight is 459 g/mol. The summed E-state index contributed by atoms with van der Waals surface area (Å²) in [6.45, 7) is 15.5. The highest BCUT2D eigenvalue weighted by atomic mass is 16.5. The van der Waals surface area contributed by atoms with Gasteiger partial charge in [-0.15, -0.1) is 5.10 Å². The first-order valence-corrected chi connectivity index (χ1v) is 11.7. The van der Waals surface area contributed by atoms with Crippen molar-refractivity contribution in [2.75, 3.05) is 19.0 Å². The van der Waals surface area contributed by atoms with E-state index in [2.05, 4.69) is 79.0 Å². The van der Waals surface area contributed by atoms with Gasteiger partial charge in [-0.25, -0.2) is 0 Å². The normalized spacial score (nSPS) is 11.6. The molecule has 0 fully saturated rings. The van der Waals surface area contributed by atoms with Crippen LogP contribution in [0.1, 0.15) is 50.3 Å². The number of nitrogens with zero attached hydrogens (tertiary/aromatic N) is 3. The molecule has 6 nitrogen and oxygen atoms in total. The SMILES string of the molecule is CCOc1ccc(-n2c(C)c3c(C)nnc(Nc4ccc(C(C)(C)C)cc4)c3c2C)c(OC)c1. The van der Waals surface area contributed by atoms with E-state index in [1.807, 2.05) is 32.0 Å². The average Bonchev–Trinajstić information content (AvgIpc) is 3.07. The first kappa shape index (κ1) is 23.6. The van der Waals surface area contributed by atoms with Gasteiger partial charge in [0, 0.05) is 33.9 Å².